The Kier molecular flexibility index (Phi) is 19.8. The van der Waals surface area contributed by atoms with Gasteiger partial charge in [0, 0.05) is 28.0 Å². The minimum absolute atomic E-state index is 0. The van der Waals surface area contributed by atoms with Gasteiger partial charge in [-0.3, -0.25) is 0 Å². The van der Waals surface area contributed by atoms with E-state index in [4.69, 9.17) is 11.5 Å². The standard InChI is InChI=1S/C8H18N2.C7H16N2.2C2H6.2H2/c1-8(9)7-10-5-3-2-4-6-10;1-7(8)6-9-4-2-3-5-9;2*1-2;;/h8H,2-7,9H2,1H3;7H,2-6,8H2,1H3;2*1-2H3;2*1H. The zero-order chi connectivity index (χ0) is 18.1. The van der Waals surface area contributed by atoms with Crippen LogP contribution < -0.4 is 11.5 Å². The van der Waals surface area contributed by atoms with Crippen LogP contribution in [0.1, 0.15) is 76.5 Å². The van der Waals surface area contributed by atoms with Crippen molar-refractivity contribution in [1.82, 2.24) is 9.80 Å². The van der Waals surface area contributed by atoms with E-state index >= 15 is 0 Å². The van der Waals surface area contributed by atoms with Gasteiger partial charge in [0.1, 0.15) is 0 Å². The van der Waals surface area contributed by atoms with E-state index in [1.54, 1.807) is 0 Å². The molecule has 2 rings (SSSR count). The van der Waals surface area contributed by atoms with E-state index in [0.29, 0.717) is 12.1 Å². The van der Waals surface area contributed by atoms with Crippen molar-refractivity contribution < 1.29 is 2.85 Å². The third kappa shape index (κ3) is 16.5. The number of hydrogen-bond acceptors (Lipinski definition) is 4. The van der Waals surface area contributed by atoms with Crippen LogP contribution in [0.2, 0.25) is 0 Å². The second-order valence-electron chi connectivity index (χ2n) is 6.32. The van der Waals surface area contributed by atoms with Gasteiger partial charge in [-0.25, -0.2) is 0 Å². The molecule has 0 saturated carbocycles. The van der Waals surface area contributed by atoms with Crippen molar-refractivity contribution in [3.05, 3.63) is 0 Å². The molecular formula is C19H50N4. The molecule has 0 aromatic carbocycles. The highest BCUT2D eigenvalue weighted by Crippen LogP contribution is 2.08. The maximum atomic E-state index is 5.68. The van der Waals surface area contributed by atoms with Crippen LogP contribution in [0.25, 0.3) is 0 Å². The highest BCUT2D eigenvalue weighted by atomic mass is 15.1. The number of piperidine rings is 1. The highest BCUT2D eigenvalue weighted by Gasteiger charge is 2.11. The van der Waals surface area contributed by atoms with Gasteiger partial charge in [-0.05, 0) is 65.7 Å². The van der Waals surface area contributed by atoms with Crippen LogP contribution in [0.3, 0.4) is 0 Å². The van der Waals surface area contributed by atoms with Crippen LogP contribution in [-0.2, 0) is 0 Å². The summed E-state index contributed by atoms with van der Waals surface area (Å²) in [4.78, 5) is 4.90. The van der Waals surface area contributed by atoms with Crippen molar-refractivity contribution in [2.45, 2.75) is 85.7 Å². The minimum Gasteiger partial charge on any atom is -0.327 e. The smallest absolute Gasteiger partial charge is 0.0139 e. The maximum absolute atomic E-state index is 5.68. The Balaban J connectivity index is -0.000000138. The van der Waals surface area contributed by atoms with Crippen molar-refractivity contribution in [2.24, 2.45) is 11.5 Å². The molecule has 2 atom stereocenters. The summed E-state index contributed by atoms with van der Waals surface area (Å²) in [7, 11) is 0. The number of rotatable bonds is 4. The lowest BCUT2D eigenvalue weighted by Gasteiger charge is -2.27. The van der Waals surface area contributed by atoms with Gasteiger partial charge in [-0.2, -0.15) is 0 Å². The Hall–Kier alpha value is -0.160. The Bertz CT molecular complexity index is 217. The average molecular weight is 335 g/mol. The molecule has 2 aliphatic rings. The molecule has 0 bridgehead atoms. The zero-order valence-electron chi connectivity index (χ0n) is 17.0. The van der Waals surface area contributed by atoms with Crippen LogP contribution in [-0.4, -0.2) is 61.2 Å². The molecule has 2 saturated heterocycles. The largest absolute Gasteiger partial charge is 0.327 e. The lowest BCUT2D eigenvalue weighted by atomic mass is 10.1. The number of nitrogens with two attached hydrogens (primary N) is 2. The molecule has 2 heterocycles. The summed E-state index contributed by atoms with van der Waals surface area (Å²) in [5.74, 6) is 0. The summed E-state index contributed by atoms with van der Waals surface area (Å²) in [6.07, 6.45) is 6.88. The quantitative estimate of drug-likeness (QED) is 0.821. The minimum atomic E-state index is 0. The molecular weight excluding hydrogens is 284 g/mol. The summed E-state index contributed by atoms with van der Waals surface area (Å²) < 4.78 is 0. The third-order valence-electron chi connectivity index (χ3n) is 3.74. The van der Waals surface area contributed by atoms with Crippen LogP contribution in [0, 0.1) is 0 Å². The van der Waals surface area contributed by atoms with Gasteiger partial charge in [0.2, 0.25) is 0 Å². The number of likely N-dealkylation sites (tertiary alicyclic amines) is 2. The van der Waals surface area contributed by atoms with Gasteiger partial charge in [-0.15, -0.1) is 0 Å². The van der Waals surface area contributed by atoms with Gasteiger partial charge in [0.25, 0.3) is 0 Å². The molecule has 4 N–H and O–H groups in total. The van der Waals surface area contributed by atoms with Crippen molar-refractivity contribution >= 4 is 0 Å². The van der Waals surface area contributed by atoms with E-state index in [1.165, 1.54) is 58.3 Å². The Morgan fingerprint density at radius 2 is 0.913 bits per heavy atom. The molecule has 4 heteroatoms. The van der Waals surface area contributed by atoms with E-state index in [0.717, 1.165) is 13.1 Å². The van der Waals surface area contributed by atoms with Crippen molar-refractivity contribution in [3.8, 4) is 0 Å². The first-order valence-electron chi connectivity index (χ1n) is 10.0. The first kappa shape index (κ1) is 25.1. The summed E-state index contributed by atoms with van der Waals surface area (Å²) in [6, 6.07) is 0.696. The second-order valence-corrected chi connectivity index (χ2v) is 6.32. The lowest BCUT2D eigenvalue weighted by Crippen LogP contribution is -2.38. The van der Waals surface area contributed by atoms with E-state index in [2.05, 4.69) is 23.6 Å². The van der Waals surface area contributed by atoms with Crippen LogP contribution >= 0.6 is 0 Å². The van der Waals surface area contributed by atoms with E-state index in [9.17, 15) is 0 Å². The van der Waals surface area contributed by atoms with E-state index in [-0.39, 0.29) is 2.85 Å². The Labute approximate surface area is 149 Å². The van der Waals surface area contributed by atoms with Crippen LogP contribution in [0.15, 0.2) is 0 Å². The molecule has 2 aliphatic heterocycles. The Morgan fingerprint density at radius 3 is 1.17 bits per heavy atom. The van der Waals surface area contributed by atoms with Gasteiger partial charge < -0.3 is 21.3 Å². The van der Waals surface area contributed by atoms with E-state index in [1.807, 2.05) is 27.7 Å². The topological polar surface area (TPSA) is 58.5 Å². The zero-order valence-corrected chi connectivity index (χ0v) is 17.0. The molecule has 0 radical (unpaired) electrons. The predicted molar refractivity (Wildman–Crippen MR) is 110 cm³/mol. The fraction of sp³-hybridized carbons (Fsp3) is 1.00. The fourth-order valence-corrected chi connectivity index (χ4v) is 2.92. The molecule has 0 aromatic rings. The highest BCUT2D eigenvalue weighted by molar-refractivity contribution is 4.69. The molecule has 23 heavy (non-hydrogen) atoms. The third-order valence-corrected chi connectivity index (χ3v) is 3.74. The normalized spacial score (nSPS) is 20.9. The van der Waals surface area contributed by atoms with Crippen molar-refractivity contribution in [2.75, 3.05) is 39.3 Å². The molecule has 4 nitrogen and oxygen atoms in total. The number of nitrogens with zero attached hydrogens (tertiary/aromatic N) is 2. The monoisotopic (exact) mass is 334 g/mol. The maximum Gasteiger partial charge on any atom is 0.0139 e. The first-order chi connectivity index (χ1) is 11.1. The Morgan fingerprint density at radius 1 is 0.652 bits per heavy atom. The lowest BCUT2D eigenvalue weighted by molar-refractivity contribution is 0.219. The van der Waals surface area contributed by atoms with Crippen molar-refractivity contribution in [3.63, 3.8) is 0 Å². The SMILES string of the molecule is CC.CC.CC(N)CN1CCCC1.CC(N)CN1CCCCC1.[HH].[HH]. The molecule has 2 unspecified atom stereocenters. The molecule has 2 fully saturated rings. The van der Waals surface area contributed by atoms with Crippen LogP contribution in [0.5, 0.6) is 0 Å². The van der Waals surface area contributed by atoms with Gasteiger partial charge >= 0.3 is 0 Å². The summed E-state index contributed by atoms with van der Waals surface area (Å²) >= 11 is 0. The van der Waals surface area contributed by atoms with Gasteiger partial charge in [0.05, 0.1) is 0 Å². The summed E-state index contributed by atoms with van der Waals surface area (Å²) in [6.45, 7) is 19.4. The average Bonchev–Trinajstić information content (AvgIpc) is 3.04. The molecule has 0 aromatic heterocycles. The molecule has 0 aliphatic carbocycles. The van der Waals surface area contributed by atoms with Gasteiger partial charge in [0.15, 0.2) is 0 Å². The molecule has 146 valence electrons. The fourth-order valence-electron chi connectivity index (χ4n) is 2.92. The van der Waals surface area contributed by atoms with E-state index < -0.39 is 0 Å². The van der Waals surface area contributed by atoms with Crippen molar-refractivity contribution in [1.29, 1.82) is 0 Å². The number of hydrogen-bond donors (Lipinski definition) is 2. The summed E-state index contributed by atoms with van der Waals surface area (Å²) in [5, 5.41) is 0. The van der Waals surface area contributed by atoms with Gasteiger partial charge in [-0.1, -0.05) is 34.1 Å². The molecule has 0 amide bonds. The predicted octanol–water partition coefficient (Wildman–Crippen LogP) is 3.79. The summed E-state index contributed by atoms with van der Waals surface area (Å²) in [5.41, 5.74) is 11.3. The van der Waals surface area contributed by atoms with Crippen LogP contribution in [0.4, 0.5) is 0 Å². The second kappa shape index (κ2) is 18.2. The molecule has 0 spiro atoms. The first-order valence-corrected chi connectivity index (χ1v) is 10.0.